The minimum atomic E-state index is -0.554. The number of aliphatic hydroxyl groups excluding tert-OH is 1. The number of hydrogen-bond acceptors (Lipinski definition) is 4. The molecule has 0 bridgehead atoms. The second-order valence-corrected chi connectivity index (χ2v) is 5.69. The second kappa shape index (κ2) is 4.53. The number of aromatic nitrogens is 1. The predicted molar refractivity (Wildman–Crippen MR) is 71.2 cm³/mol. The summed E-state index contributed by atoms with van der Waals surface area (Å²) in [6.45, 7) is 1.95. The quantitative estimate of drug-likeness (QED) is 0.867. The van der Waals surface area contributed by atoms with Crippen LogP contribution >= 0.6 is 22.9 Å². The summed E-state index contributed by atoms with van der Waals surface area (Å²) in [5.41, 5.74) is 1.74. The van der Waals surface area contributed by atoms with Gasteiger partial charge in [-0.15, -0.1) is 11.3 Å². The summed E-state index contributed by atoms with van der Waals surface area (Å²) in [6.07, 6.45) is -0.214. The van der Waals surface area contributed by atoms with Crippen LogP contribution in [-0.4, -0.2) is 10.1 Å². The Morgan fingerprint density at radius 3 is 3.06 bits per heavy atom. The van der Waals surface area contributed by atoms with E-state index in [-0.39, 0.29) is 6.10 Å². The van der Waals surface area contributed by atoms with Gasteiger partial charge in [0.1, 0.15) is 10.8 Å². The Bertz CT molecular complexity index is 584. The fraction of sp³-hybridized carbons (Fsp3) is 0.308. The van der Waals surface area contributed by atoms with Crippen LogP contribution in [0, 0.1) is 6.92 Å². The number of aryl methyl sites for hydroxylation is 1. The number of fused-ring (bicyclic) bond motifs is 1. The first-order chi connectivity index (χ1) is 8.63. The molecule has 0 amide bonds. The molecule has 1 aliphatic heterocycles. The molecule has 18 heavy (non-hydrogen) atoms. The van der Waals surface area contributed by atoms with Crippen LogP contribution in [0.25, 0.3) is 0 Å². The van der Waals surface area contributed by atoms with E-state index in [9.17, 15) is 5.11 Å². The van der Waals surface area contributed by atoms with E-state index in [1.165, 1.54) is 0 Å². The zero-order valence-corrected chi connectivity index (χ0v) is 11.3. The van der Waals surface area contributed by atoms with Crippen LogP contribution in [0.4, 0.5) is 0 Å². The molecule has 0 spiro atoms. The first-order valence-corrected chi connectivity index (χ1v) is 6.95. The van der Waals surface area contributed by atoms with E-state index in [0.717, 1.165) is 16.3 Å². The third kappa shape index (κ3) is 2.11. The van der Waals surface area contributed by atoms with Crippen molar-refractivity contribution in [3.8, 4) is 5.75 Å². The molecular formula is C13H12ClNO2S. The first-order valence-electron chi connectivity index (χ1n) is 5.69. The zero-order valence-electron chi connectivity index (χ0n) is 9.76. The van der Waals surface area contributed by atoms with Gasteiger partial charge in [-0.1, -0.05) is 11.6 Å². The molecule has 1 N–H and O–H groups in total. The minimum Gasteiger partial charge on any atom is -0.483 e. The van der Waals surface area contributed by atoms with Crippen molar-refractivity contribution >= 4 is 22.9 Å². The van der Waals surface area contributed by atoms with Crippen LogP contribution in [-0.2, 0) is 0 Å². The maximum absolute atomic E-state index is 10.2. The minimum absolute atomic E-state index is 0.174. The van der Waals surface area contributed by atoms with E-state index in [0.29, 0.717) is 17.2 Å². The predicted octanol–water partition coefficient (Wildman–Crippen LogP) is 3.66. The first kappa shape index (κ1) is 12.0. The number of nitrogens with zero attached hydrogens (tertiary/aromatic N) is 1. The highest BCUT2D eigenvalue weighted by atomic mass is 35.5. The molecule has 2 unspecified atom stereocenters. The van der Waals surface area contributed by atoms with Gasteiger partial charge in [-0.2, -0.15) is 0 Å². The van der Waals surface area contributed by atoms with Crippen molar-refractivity contribution in [3.63, 3.8) is 0 Å². The molecular weight excluding hydrogens is 270 g/mol. The van der Waals surface area contributed by atoms with E-state index in [1.807, 2.05) is 12.3 Å². The van der Waals surface area contributed by atoms with E-state index in [1.54, 1.807) is 29.5 Å². The number of halogens is 1. The number of hydrogen-bond donors (Lipinski definition) is 1. The lowest BCUT2D eigenvalue weighted by Gasteiger charge is -2.28. The van der Waals surface area contributed by atoms with Gasteiger partial charge in [0.25, 0.3) is 0 Å². The molecule has 1 aliphatic rings. The molecule has 94 valence electrons. The highest BCUT2D eigenvalue weighted by Crippen LogP contribution is 2.42. The topological polar surface area (TPSA) is 42.4 Å². The fourth-order valence-corrected chi connectivity index (χ4v) is 3.11. The molecule has 1 aromatic heterocycles. The van der Waals surface area contributed by atoms with Crippen molar-refractivity contribution in [2.45, 2.75) is 25.6 Å². The average Bonchev–Trinajstić information content (AvgIpc) is 2.77. The highest BCUT2D eigenvalue weighted by molar-refractivity contribution is 7.09. The Kier molecular flexibility index (Phi) is 3.01. The Morgan fingerprint density at radius 1 is 1.50 bits per heavy atom. The van der Waals surface area contributed by atoms with Crippen molar-refractivity contribution in [3.05, 3.63) is 44.9 Å². The summed E-state index contributed by atoms with van der Waals surface area (Å²) in [6, 6.07) is 5.32. The zero-order chi connectivity index (χ0) is 12.7. The lowest BCUT2D eigenvalue weighted by Crippen LogP contribution is -2.18. The Labute approximate surface area is 114 Å². The molecule has 0 radical (unpaired) electrons. The fourth-order valence-electron chi connectivity index (χ4n) is 2.09. The summed E-state index contributed by atoms with van der Waals surface area (Å²) in [7, 11) is 0. The van der Waals surface area contributed by atoms with Gasteiger partial charge in [0, 0.05) is 28.1 Å². The van der Waals surface area contributed by atoms with E-state index in [2.05, 4.69) is 4.98 Å². The van der Waals surface area contributed by atoms with Crippen molar-refractivity contribution in [1.29, 1.82) is 0 Å². The van der Waals surface area contributed by atoms with Gasteiger partial charge in [0.2, 0.25) is 0 Å². The Balaban J connectivity index is 1.94. The normalized spacial score (nSPS) is 22.4. The SMILES string of the molecule is Cc1csc(C2CC(O)c3cc(Cl)ccc3O2)n1. The molecule has 5 heteroatoms. The van der Waals surface area contributed by atoms with Crippen molar-refractivity contribution in [2.24, 2.45) is 0 Å². The third-order valence-electron chi connectivity index (χ3n) is 2.95. The van der Waals surface area contributed by atoms with E-state index < -0.39 is 6.10 Å². The molecule has 1 aromatic carbocycles. The molecule has 2 heterocycles. The molecule has 3 nitrogen and oxygen atoms in total. The number of aliphatic hydroxyl groups is 1. The molecule has 2 aromatic rings. The monoisotopic (exact) mass is 281 g/mol. The lowest BCUT2D eigenvalue weighted by atomic mass is 9.99. The summed E-state index contributed by atoms with van der Waals surface area (Å²) < 4.78 is 5.89. The van der Waals surface area contributed by atoms with Gasteiger partial charge in [0.05, 0.1) is 6.10 Å². The highest BCUT2D eigenvalue weighted by Gasteiger charge is 2.29. The lowest BCUT2D eigenvalue weighted by molar-refractivity contribution is 0.0656. The number of rotatable bonds is 1. The van der Waals surface area contributed by atoms with Gasteiger partial charge in [-0.05, 0) is 25.1 Å². The molecule has 0 saturated carbocycles. The smallest absolute Gasteiger partial charge is 0.153 e. The Hall–Kier alpha value is -1.10. The van der Waals surface area contributed by atoms with E-state index in [4.69, 9.17) is 16.3 Å². The van der Waals surface area contributed by atoms with Gasteiger partial charge < -0.3 is 9.84 Å². The number of thiazole rings is 1. The summed E-state index contributed by atoms with van der Waals surface area (Å²) >= 11 is 7.48. The molecule has 2 atom stereocenters. The average molecular weight is 282 g/mol. The van der Waals surface area contributed by atoms with Crippen LogP contribution in [0.1, 0.15) is 34.9 Å². The summed E-state index contributed by atoms with van der Waals surface area (Å²) in [5.74, 6) is 0.691. The molecule has 0 aliphatic carbocycles. The molecule has 0 saturated heterocycles. The van der Waals surface area contributed by atoms with E-state index >= 15 is 0 Å². The Morgan fingerprint density at radius 2 is 2.33 bits per heavy atom. The third-order valence-corrected chi connectivity index (χ3v) is 4.24. The van der Waals surface area contributed by atoms with Crippen LogP contribution in [0.3, 0.4) is 0 Å². The maximum atomic E-state index is 10.2. The van der Waals surface area contributed by atoms with Crippen LogP contribution in [0.2, 0.25) is 5.02 Å². The number of benzene rings is 1. The molecule has 3 rings (SSSR count). The standard InChI is InChI=1S/C13H12ClNO2S/c1-7-6-18-13(15-7)12-5-10(16)9-4-8(14)2-3-11(9)17-12/h2-4,6,10,12,16H,5H2,1H3. The van der Waals surface area contributed by atoms with Gasteiger partial charge in [0.15, 0.2) is 6.10 Å². The largest absolute Gasteiger partial charge is 0.483 e. The van der Waals surface area contributed by atoms with Crippen LogP contribution in [0.5, 0.6) is 5.75 Å². The van der Waals surface area contributed by atoms with Gasteiger partial charge in [-0.25, -0.2) is 4.98 Å². The van der Waals surface area contributed by atoms with Crippen molar-refractivity contribution in [1.82, 2.24) is 4.98 Å². The maximum Gasteiger partial charge on any atom is 0.153 e. The second-order valence-electron chi connectivity index (χ2n) is 4.37. The van der Waals surface area contributed by atoms with Crippen molar-refractivity contribution < 1.29 is 9.84 Å². The number of ether oxygens (including phenoxy) is 1. The summed E-state index contributed by atoms with van der Waals surface area (Å²) in [5, 5.41) is 13.7. The van der Waals surface area contributed by atoms with Crippen molar-refractivity contribution in [2.75, 3.05) is 0 Å². The van der Waals surface area contributed by atoms with Crippen LogP contribution < -0.4 is 4.74 Å². The van der Waals surface area contributed by atoms with Gasteiger partial charge in [-0.3, -0.25) is 0 Å². The molecule has 0 fully saturated rings. The van der Waals surface area contributed by atoms with Gasteiger partial charge >= 0.3 is 0 Å². The summed E-state index contributed by atoms with van der Waals surface area (Å²) in [4.78, 5) is 4.42. The van der Waals surface area contributed by atoms with Crippen LogP contribution in [0.15, 0.2) is 23.6 Å².